The quantitative estimate of drug-likeness (QED) is 0.849. The van der Waals surface area contributed by atoms with Gasteiger partial charge in [0.25, 0.3) is 0 Å². The van der Waals surface area contributed by atoms with Crippen molar-refractivity contribution >= 4 is 17.8 Å². The second-order valence-electron chi connectivity index (χ2n) is 6.47. The molecule has 25 heavy (non-hydrogen) atoms. The van der Waals surface area contributed by atoms with Crippen molar-refractivity contribution in [2.24, 2.45) is 0 Å². The standard InChI is InChI=1S/C18H24N4O3/c23-16-13-22(10-4-8-19-16)18(25)20-11-14-5-1-2-6-15(14)12-21-9-3-7-17(21)24/h1-2,5-6H,3-4,7-13H2,(H,19,23)(H,20,25). The number of rotatable bonds is 4. The van der Waals surface area contributed by atoms with Gasteiger partial charge < -0.3 is 20.4 Å². The second-order valence-corrected chi connectivity index (χ2v) is 6.47. The Labute approximate surface area is 147 Å². The van der Waals surface area contributed by atoms with Gasteiger partial charge in [0.15, 0.2) is 0 Å². The topological polar surface area (TPSA) is 81.8 Å². The first-order valence-corrected chi connectivity index (χ1v) is 8.77. The second kappa shape index (κ2) is 8.00. The van der Waals surface area contributed by atoms with Crippen LogP contribution in [-0.4, -0.2) is 53.8 Å². The van der Waals surface area contributed by atoms with Crippen molar-refractivity contribution < 1.29 is 14.4 Å². The first-order chi connectivity index (χ1) is 12.1. The minimum absolute atomic E-state index is 0.0930. The summed E-state index contributed by atoms with van der Waals surface area (Å²) in [6.45, 7) is 3.02. The van der Waals surface area contributed by atoms with Gasteiger partial charge in [0.1, 0.15) is 6.54 Å². The zero-order valence-electron chi connectivity index (χ0n) is 14.3. The molecule has 7 nitrogen and oxygen atoms in total. The molecule has 134 valence electrons. The van der Waals surface area contributed by atoms with E-state index in [1.807, 2.05) is 29.2 Å². The molecule has 1 aromatic carbocycles. The minimum Gasteiger partial charge on any atom is -0.354 e. The van der Waals surface area contributed by atoms with Gasteiger partial charge in [-0.15, -0.1) is 0 Å². The van der Waals surface area contributed by atoms with Crippen LogP contribution in [0.25, 0.3) is 0 Å². The molecule has 7 heteroatoms. The molecule has 0 radical (unpaired) electrons. The summed E-state index contributed by atoms with van der Waals surface area (Å²) in [6.07, 6.45) is 2.29. The van der Waals surface area contributed by atoms with Crippen LogP contribution >= 0.6 is 0 Å². The zero-order valence-corrected chi connectivity index (χ0v) is 14.3. The largest absolute Gasteiger partial charge is 0.354 e. The summed E-state index contributed by atoms with van der Waals surface area (Å²) in [4.78, 5) is 39.2. The number of amides is 4. The van der Waals surface area contributed by atoms with E-state index >= 15 is 0 Å². The molecule has 0 unspecified atom stereocenters. The van der Waals surface area contributed by atoms with Crippen LogP contribution in [0.5, 0.6) is 0 Å². The molecule has 3 rings (SSSR count). The number of carbonyl (C=O) groups excluding carboxylic acids is 3. The third-order valence-corrected chi connectivity index (χ3v) is 4.63. The fourth-order valence-electron chi connectivity index (χ4n) is 3.22. The van der Waals surface area contributed by atoms with Crippen LogP contribution in [0.2, 0.25) is 0 Å². The SMILES string of the molecule is O=C1CN(C(=O)NCc2ccccc2CN2CCCC2=O)CCCN1. The van der Waals surface area contributed by atoms with E-state index in [0.29, 0.717) is 32.6 Å². The first kappa shape index (κ1) is 17.3. The Morgan fingerprint density at radius 2 is 1.92 bits per heavy atom. The van der Waals surface area contributed by atoms with E-state index in [1.54, 1.807) is 0 Å². The minimum atomic E-state index is -0.232. The summed E-state index contributed by atoms with van der Waals surface area (Å²) < 4.78 is 0. The summed E-state index contributed by atoms with van der Waals surface area (Å²) in [6, 6.07) is 7.60. The number of benzene rings is 1. The highest BCUT2D eigenvalue weighted by Gasteiger charge is 2.22. The Morgan fingerprint density at radius 1 is 1.12 bits per heavy atom. The van der Waals surface area contributed by atoms with Crippen LogP contribution < -0.4 is 10.6 Å². The number of urea groups is 1. The third-order valence-electron chi connectivity index (χ3n) is 4.63. The predicted octanol–water partition coefficient (Wildman–Crippen LogP) is 0.840. The number of nitrogens with zero attached hydrogens (tertiary/aromatic N) is 2. The molecule has 2 heterocycles. The van der Waals surface area contributed by atoms with Gasteiger partial charge in [-0.05, 0) is 24.0 Å². The average molecular weight is 344 g/mol. The fourth-order valence-corrected chi connectivity index (χ4v) is 3.22. The van der Waals surface area contributed by atoms with Gasteiger partial charge in [0, 0.05) is 39.1 Å². The van der Waals surface area contributed by atoms with Gasteiger partial charge >= 0.3 is 6.03 Å². The number of hydrogen-bond donors (Lipinski definition) is 2. The zero-order chi connectivity index (χ0) is 17.6. The monoisotopic (exact) mass is 344 g/mol. The van der Waals surface area contributed by atoms with Gasteiger partial charge in [-0.2, -0.15) is 0 Å². The molecule has 2 aliphatic rings. The summed E-state index contributed by atoms with van der Waals surface area (Å²) in [5.41, 5.74) is 2.04. The number of hydrogen-bond acceptors (Lipinski definition) is 3. The average Bonchev–Trinajstić information content (AvgIpc) is 2.88. The lowest BCUT2D eigenvalue weighted by Gasteiger charge is -2.21. The lowest BCUT2D eigenvalue weighted by molar-refractivity contribution is -0.128. The summed E-state index contributed by atoms with van der Waals surface area (Å²) in [7, 11) is 0. The van der Waals surface area contributed by atoms with Crippen LogP contribution in [0.15, 0.2) is 24.3 Å². The van der Waals surface area contributed by atoms with Crippen molar-refractivity contribution in [3.8, 4) is 0 Å². The van der Waals surface area contributed by atoms with Crippen molar-refractivity contribution in [3.63, 3.8) is 0 Å². The van der Waals surface area contributed by atoms with Crippen LogP contribution in [0.4, 0.5) is 4.79 Å². The molecule has 0 atom stereocenters. The van der Waals surface area contributed by atoms with Crippen molar-refractivity contribution in [3.05, 3.63) is 35.4 Å². The maximum absolute atomic E-state index is 12.3. The van der Waals surface area contributed by atoms with Crippen LogP contribution in [0.3, 0.4) is 0 Å². The van der Waals surface area contributed by atoms with Crippen LogP contribution in [0, 0.1) is 0 Å². The highest BCUT2D eigenvalue weighted by Crippen LogP contribution is 2.17. The highest BCUT2D eigenvalue weighted by atomic mass is 16.2. The van der Waals surface area contributed by atoms with E-state index in [9.17, 15) is 14.4 Å². The highest BCUT2D eigenvalue weighted by molar-refractivity contribution is 5.84. The Kier molecular flexibility index (Phi) is 5.53. The van der Waals surface area contributed by atoms with Crippen LogP contribution in [0.1, 0.15) is 30.4 Å². The maximum Gasteiger partial charge on any atom is 0.318 e. The van der Waals surface area contributed by atoms with E-state index < -0.39 is 0 Å². The molecule has 0 bridgehead atoms. The molecular formula is C18H24N4O3. The van der Waals surface area contributed by atoms with E-state index in [2.05, 4.69) is 10.6 Å². The summed E-state index contributed by atoms with van der Waals surface area (Å²) in [5, 5.41) is 5.66. The van der Waals surface area contributed by atoms with Crippen molar-refractivity contribution in [2.45, 2.75) is 32.4 Å². The molecule has 2 saturated heterocycles. The Hall–Kier alpha value is -2.57. The molecule has 4 amide bonds. The van der Waals surface area contributed by atoms with E-state index in [1.165, 1.54) is 4.90 Å². The Bertz CT molecular complexity index is 661. The number of likely N-dealkylation sites (tertiary alicyclic amines) is 1. The Morgan fingerprint density at radius 3 is 2.68 bits per heavy atom. The van der Waals surface area contributed by atoms with Gasteiger partial charge in [-0.1, -0.05) is 24.3 Å². The summed E-state index contributed by atoms with van der Waals surface area (Å²) >= 11 is 0. The first-order valence-electron chi connectivity index (χ1n) is 8.77. The van der Waals surface area contributed by atoms with Gasteiger partial charge in [0.2, 0.25) is 11.8 Å². The van der Waals surface area contributed by atoms with E-state index in [0.717, 1.165) is 30.5 Å². The number of nitrogens with one attached hydrogen (secondary N) is 2. The van der Waals surface area contributed by atoms with Crippen LogP contribution in [-0.2, 0) is 22.7 Å². The number of carbonyl (C=O) groups is 3. The third kappa shape index (κ3) is 4.49. The van der Waals surface area contributed by atoms with E-state index in [-0.39, 0.29) is 24.4 Å². The lowest BCUT2D eigenvalue weighted by Crippen LogP contribution is -2.43. The molecule has 1 aromatic rings. The smallest absolute Gasteiger partial charge is 0.318 e. The van der Waals surface area contributed by atoms with Crippen molar-refractivity contribution in [1.82, 2.24) is 20.4 Å². The normalized spacial score (nSPS) is 18.1. The van der Waals surface area contributed by atoms with E-state index in [4.69, 9.17) is 0 Å². The predicted molar refractivity (Wildman–Crippen MR) is 92.5 cm³/mol. The molecule has 2 aliphatic heterocycles. The Balaban J connectivity index is 1.60. The molecule has 0 aromatic heterocycles. The van der Waals surface area contributed by atoms with Crippen molar-refractivity contribution in [1.29, 1.82) is 0 Å². The molecule has 0 spiro atoms. The molecule has 0 saturated carbocycles. The van der Waals surface area contributed by atoms with Gasteiger partial charge in [-0.3, -0.25) is 9.59 Å². The summed E-state index contributed by atoms with van der Waals surface area (Å²) in [5.74, 6) is 0.0648. The molecule has 2 fully saturated rings. The lowest BCUT2D eigenvalue weighted by atomic mass is 10.1. The molecule has 2 N–H and O–H groups in total. The fraction of sp³-hybridized carbons (Fsp3) is 0.500. The van der Waals surface area contributed by atoms with Crippen molar-refractivity contribution in [2.75, 3.05) is 26.2 Å². The van der Waals surface area contributed by atoms with Gasteiger partial charge in [0.05, 0.1) is 0 Å². The molecule has 0 aliphatic carbocycles. The van der Waals surface area contributed by atoms with Gasteiger partial charge in [-0.25, -0.2) is 4.79 Å². The molecular weight excluding hydrogens is 320 g/mol. The maximum atomic E-state index is 12.3.